The van der Waals surface area contributed by atoms with Crippen LogP contribution in [0.3, 0.4) is 0 Å². The third kappa shape index (κ3) is 4.33. The minimum atomic E-state index is -0.407. The molecule has 1 atom stereocenters. The molecule has 0 saturated carbocycles. The van der Waals surface area contributed by atoms with Gasteiger partial charge in [0.25, 0.3) is 5.91 Å². The normalized spacial score (nSPS) is 17.4. The zero-order valence-corrected chi connectivity index (χ0v) is 17.6. The Labute approximate surface area is 180 Å². The fourth-order valence-corrected chi connectivity index (χ4v) is 3.89. The van der Waals surface area contributed by atoms with Crippen LogP contribution in [0.4, 0.5) is 5.69 Å². The summed E-state index contributed by atoms with van der Waals surface area (Å²) in [6.07, 6.45) is 0.174. The molecule has 2 aromatic rings. The topological polar surface area (TPSA) is 88.2 Å². The van der Waals surface area contributed by atoms with E-state index in [9.17, 15) is 14.4 Å². The number of hydrogen-bond donors (Lipinski definition) is 1. The molecule has 3 amide bonds. The van der Waals surface area contributed by atoms with Crippen molar-refractivity contribution in [2.24, 2.45) is 5.92 Å². The van der Waals surface area contributed by atoms with E-state index >= 15 is 0 Å². The standard InChI is InChI=1S/C23H25N3O5/c1-24-22(28)16-5-3-15(4-6-16)13-25(2)23(29)17-11-21(27)26(14-17)18-7-8-19-20(12-18)31-10-9-30-19/h3-8,12,17H,9-11,13-14H2,1-2H3,(H,24,28)/t17-/m1/s1. The van der Waals surface area contributed by atoms with Crippen molar-refractivity contribution in [3.05, 3.63) is 53.6 Å². The highest BCUT2D eigenvalue weighted by molar-refractivity contribution is 6.00. The van der Waals surface area contributed by atoms with Crippen molar-refractivity contribution in [3.8, 4) is 11.5 Å². The number of anilines is 1. The first-order chi connectivity index (χ1) is 15.0. The maximum Gasteiger partial charge on any atom is 0.251 e. The molecule has 0 aliphatic carbocycles. The lowest BCUT2D eigenvalue weighted by atomic mass is 10.1. The SMILES string of the molecule is CNC(=O)c1ccc(CN(C)C(=O)[C@@H]2CC(=O)N(c3ccc4c(c3)OCCO4)C2)cc1. The van der Waals surface area contributed by atoms with Gasteiger partial charge in [0.2, 0.25) is 11.8 Å². The summed E-state index contributed by atoms with van der Waals surface area (Å²) < 4.78 is 11.1. The molecule has 0 bridgehead atoms. The summed E-state index contributed by atoms with van der Waals surface area (Å²) >= 11 is 0. The average Bonchev–Trinajstić information content (AvgIpc) is 3.19. The molecule has 8 nitrogen and oxygen atoms in total. The Morgan fingerprint density at radius 3 is 2.52 bits per heavy atom. The molecule has 0 spiro atoms. The first-order valence-electron chi connectivity index (χ1n) is 10.2. The lowest BCUT2D eigenvalue weighted by Gasteiger charge is -2.23. The second-order valence-electron chi connectivity index (χ2n) is 7.70. The van der Waals surface area contributed by atoms with E-state index in [-0.39, 0.29) is 24.1 Å². The average molecular weight is 423 g/mol. The van der Waals surface area contributed by atoms with Gasteiger partial charge in [0.05, 0.1) is 5.92 Å². The molecule has 1 saturated heterocycles. The van der Waals surface area contributed by atoms with Gasteiger partial charge in [0, 0.05) is 50.9 Å². The van der Waals surface area contributed by atoms with E-state index in [1.165, 1.54) is 0 Å². The Balaban J connectivity index is 1.40. The molecule has 162 valence electrons. The van der Waals surface area contributed by atoms with Gasteiger partial charge in [0.1, 0.15) is 13.2 Å². The molecule has 1 N–H and O–H groups in total. The van der Waals surface area contributed by atoms with Gasteiger partial charge < -0.3 is 24.6 Å². The third-order valence-corrected chi connectivity index (χ3v) is 5.55. The Kier molecular flexibility index (Phi) is 5.79. The number of carbonyl (C=O) groups excluding carboxylic acids is 3. The second-order valence-corrected chi connectivity index (χ2v) is 7.70. The van der Waals surface area contributed by atoms with E-state index in [1.54, 1.807) is 48.2 Å². The number of nitrogens with zero attached hydrogens (tertiary/aromatic N) is 2. The number of amides is 3. The van der Waals surface area contributed by atoms with Crippen LogP contribution < -0.4 is 19.7 Å². The first kappa shape index (κ1) is 20.7. The van der Waals surface area contributed by atoms with E-state index in [0.29, 0.717) is 49.1 Å². The van der Waals surface area contributed by atoms with Crippen molar-refractivity contribution in [2.45, 2.75) is 13.0 Å². The first-order valence-corrected chi connectivity index (χ1v) is 10.2. The molecule has 2 heterocycles. The molecule has 31 heavy (non-hydrogen) atoms. The van der Waals surface area contributed by atoms with Crippen LogP contribution in [-0.4, -0.2) is 56.5 Å². The zero-order chi connectivity index (χ0) is 22.0. The number of ether oxygens (including phenoxy) is 2. The van der Waals surface area contributed by atoms with Crippen molar-refractivity contribution in [1.29, 1.82) is 0 Å². The van der Waals surface area contributed by atoms with Gasteiger partial charge in [-0.05, 0) is 29.8 Å². The highest BCUT2D eigenvalue weighted by Crippen LogP contribution is 2.36. The molecule has 1 fully saturated rings. The molecule has 2 aliphatic rings. The minimum Gasteiger partial charge on any atom is -0.486 e. The quantitative estimate of drug-likeness (QED) is 0.793. The van der Waals surface area contributed by atoms with Gasteiger partial charge in [-0.25, -0.2) is 0 Å². The van der Waals surface area contributed by atoms with Gasteiger partial charge in [-0.3, -0.25) is 14.4 Å². The Bertz CT molecular complexity index is 1000. The van der Waals surface area contributed by atoms with Gasteiger partial charge in [-0.1, -0.05) is 12.1 Å². The highest BCUT2D eigenvalue weighted by atomic mass is 16.6. The van der Waals surface area contributed by atoms with Crippen molar-refractivity contribution >= 4 is 23.4 Å². The van der Waals surface area contributed by atoms with Crippen molar-refractivity contribution in [1.82, 2.24) is 10.2 Å². The number of fused-ring (bicyclic) bond motifs is 1. The summed E-state index contributed by atoms with van der Waals surface area (Å²) in [5.41, 5.74) is 2.19. The smallest absolute Gasteiger partial charge is 0.251 e. The largest absolute Gasteiger partial charge is 0.486 e. The van der Waals surface area contributed by atoms with E-state index in [2.05, 4.69) is 5.32 Å². The second kappa shape index (κ2) is 8.67. The molecule has 2 aliphatic heterocycles. The predicted octanol–water partition coefficient (Wildman–Crippen LogP) is 1.83. The van der Waals surface area contributed by atoms with Crippen LogP contribution >= 0.6 is 0 Å². The molecule has 4 rings (SSSR count). The summed E-state index contributed by atoms with van der Waals surface area (Å²) in [7, 11) is 3.31. The lowest BCUT2D eigenvalue weighted by molar-refractivity contribution is -0.135. The van der Waals surface area contributed by atoms with Crippen LogP contribution in [0.15, 0.2) is 42.5 Å². The predicted molar refractivity (Wildman–Crippen MR) is 114 cm³/mol. The van der Waals surface area contributed by atoms with Gasteiger partial charge in [0.15, 0.2) is 11.5 Å². The molecule has 0 aromatic heterocycles. The molecular weight excluding hydrogens is 398 g/mol. The Hall–Kier alpha value is -3.55. The molecule has 0 radical (unpaired) electrons. The molecule has 8 heteroatoms. The maximum atomic E-state index is 13.0. The maximum absolute atomic E-state index is 13.0. The summed E-state index contributed by atoms with van der Waals surface area (Å²) in [6.45, 7) is 1.71. The van der Waals surface area contributed by atoms with Gasteiger partial charge >= 0.3 is 0 Å². The number of carbonyl (C=O) groups is 3. The van der Waals surface area contributed by atoms with Crippen molar-refractivity contribution in [3.63, 3.8) is 0 Å². The zero-order valence-electron chi connectivity index (χ0n) is 17.6. The van der Waals surface area contributed by atoms with Crippen LogP contribution in [-0.2, 0) is 16.1 Å². The third-order valence-electron chi connectivity index (χ3n) is 5.55. The minimum absolute atomic E-state index is 0.0798. The van der Waals surface area contributed by atoms with E-state index in [4.69, 9.17) is 9.47 Å². The van der Waals surface area contributed by atoms with E-state index < -0.39 is 5.92 Å². The molecular formula is C23H25N3O5. The fraction of sp³-hybridized carbons (Fsp3) is 0.348. The molecule has 0 unspecified atom stereocenters. The van der Waals surface area contributed by atoms with E-state index in [1.807, 2.05) is 18.2 Å². The highest BCUT2D eigenvalue weighted by Gasteiger charge is 2.37. The summed E-state index contributed by atoms with van der Waals surface area (Å²) in [5, 5.41) is 2.58. The summed E-state index contributed by atoms with van der Waals surface area (Å²) in [4.78, 5) is 40.5. The number of hydrogen-bond acceptors (Lipinski definition) is 5. The monoisotopic (exact) mass is 423 g/mol. The summed E-state index contributed by atoms with van der Waals surface area (Å²) in [5.74, 6) is 0.553. The number of nitrogens with one attached hydrogen (secondary N) is 1. The fourth-order valence-electron chi connectivity index (χ4n) is 3.89. The van der Waals surface area contributed by atoms with Crippen molar-refractivity contribution in [2.75, 3.05) is 38.8 Å². The van der Waals surface area contributed by atoms with Gasteiger partial charge in [-0.15, -0.1) is 0 Å². The number of rotatable bonds is 5. The van der Waals surface area contributed by atoms with Crippen LogP contribution in [0.1, 0.15) is 22.3 Å². The Morgan fingerprint density at radius 2 is 1.81 bits per heavy atom. The van der Waals surface area contributed by atoms with Gasteiger partial charge in [-0.2, -0.15) is 0 Å². The van der Waals surface area contributed by atoms with Crippen LogP contribution in [0.5, 0.6) is 11.5 Å². The van der Waals surface area contributed by atoms with Crippen LogP contribution in [0, 0.1) is 5.92 Å². The lowest BCUT2D eigenvalue weighted by Crippen LogP contribution is -2.34. The van der Waals surface area contributed by atoms with Crippen LogP contribution in [0.25, 0.3) is 0 Å². The molecule has 2 aromatic carbocycles. The van der Waals surface area contributed by atoms with Crippen LogP contribution in [0.2, 0.25) is 0 Å². The summed E-state index contributed by atoms with van der Waals surface area (Å²) in [6, 6.07) is 12.5. The Morgan fingerprint density at radius 1 is 1.10 bits per heavy atom. The van der Waals surface area contributed by atoms with E-state index in [0.717, 1.165) is 5.56 Å². The number of benzene rings is 2. The van der Waals surface area contributed by atoms with Crippen molar-refractivity contribution < 1.29 is 23.9 Å².